The van der Waals surface area contributed by atoms with Gasteiger partial charge in [0.15, 0.2) is 0 Å². The van der Waals surface area contributed by atoms with Gasteiger partial charge in [-0.25, -0.2) is 0 Å². The van der Waals surface area contributed by atoms with Crippen LogP contribution in [0.2, 0.25) is 0 Å². The Morgan fingerprint density at radius 1 is 1.47 bits per heavy atom. The molecule has 88 valence electrons. The van der Waals surface area contributed by atoms with Crippen LogP contribution in [0.5, 0.6) is 0 Å². The Labute approximate surface area is 91.2 Å². The van der Waals surface area contributed by atoms with Crippen LogP contribution in [0.25, 0.3) is 0 Å². The molecule has 4 heteroatoms. The Morgan fingerprint density at radius 3 is 2.40 bits per heavy atom. The lowest BCUT2D eigenvalue weighted by Gasteiger charge is -2.30. The van der Waals surface area contributed by atoms with Gasteiger partial charge in [0.25, 0.3) is 0 Å². The molecule has 1 aliphatic carbocycles. The van der Waals surface area contributed by atoms with Gasteiger partial charge in [0.05, 0.1) is 18.2 Å². The van der Waals surface area contributed by atoms with Crippen LogP contribution >= 0.6 is 0 Å². The van der Waals surface area contributed by atoms with Crippen molar-refractivity contribution >= 4 is 5.91 Å². The van der Waals surface area contributed by atoms with Crippen molar-refractivity contribution in [2.75, 3.05) is 6.61 Å². The number of hydrogen-bond acceptors (Lipinski definition) is 3. The molecule has 1 amide bonds. The van der Waals surface area contributed by atoms with Crippen LogP contribution in [0.15, 0.2) is 0 Å². The second-order valence-electron chi connectivity index (χ2n) is 4.90. The van der Waals surface area contributed by atoms with E-state index in [9.17, 15) is 9.90 Å². The van der Waals surface area contributed by atoms with Crippen molar-refractivity contribution in [2.24, 2.45) is 11.7 Å². The fraction of sp³-hybridized carbons (Fsp3) is 0.909. The zero-order valence-electron chi connectivity index (χ0n) is 9.62. The van der Waals surface area contributed by atoms with Gasteiger partial charge >= 0.3 is 0 Å². The van der Waals surface area contributed by atoms with Crippen LogP contribution in [-0.2, 0) is 4.79 Å². The number of aliphatic hydroxyl groups excluding tert-OH is 1. The Bertz CT molecular complexity index is 223. The topological polar surface area (TPSA) is 75.4 Å². The summed E-state index contributed by atoms with van der Waals surface area (Å²) in [6.45, 7) is 3.86. The fourth-order valence-electron chi connectivity index (χ4n) is 2.02. The van der Waals surface area contributed by atoms with Crippen LogP contribution in [0.1, 0.15) is 39.5 Å². The molecular weight excluding hydrogens is 192 g/mol. The zero-order valence-corrected chi connectivity index (χ0v) is 9.62. The van der Waals surface area contributed by atoms with E-state index in [0.717, 1.165) is 25.7 Å². The Morgan fingerprint density at radius 2 is 2.00 bits per heavy atom. The molecule has 0 aromatic rings. The van der Waals surface area contributed by atoms with E-state index in [2.05, 4.69) is 5.32 Å². The zero-order chi connectivity index (χ0) is 11.5. The van der Waals surface area contributed by atoms with Gasteiger partial charge in [-0.05, 0) is 18.8 Å². The number of carbonyl (C=O) groups excluding carboxylic acids is 1. The standard InChI is InChI=1S/C11H22N2O2/c1-8(2)9(12)10(15)13-11(7-14)5-3-4-6-11/h8-9,14H,3-7,12H2,1-2H3,(H,13,15)/t9-/m0/s1. The third-order valence-corrected chi connectivity index (χ3v) is 3.27. The highest BCUT2D eigenvalue weighted by Gasteiger charge is 2.36. The number of carbonyl (C=O) groups is 1. The molecule has 0 bridgehead atoms. The average molecular weight is 214 g/mol. The molecule has 4 nitrogen and oxygen atoms in total. The Hall–Kier alpha value is -0.610. The van der Waals surface area contributed by atoms with Crippen LogP contribution in [0.4, 0.5) is 0 Å². The molecule has 1 aliphatic rings. The van der Waals surface area contributed by atoms with E-state index in [1.165, 1.54) is 0 Å². The SMILES string of the molecule is CC(C)[C@H](N)C(=O)NC1(CO)CCCC1. The van der Waals surface area contributed by atoms with Crippen molar-refractivity contribution in [1.29, 1.82) is 0 Å². The molecular formula is C11H22N2O2. The molecule has 0 unspecified atom stereocenters. The lowest BCUT2D eigenvalue weighted by atomic mass is 9.96. The smallest absolute Gasteiger partial charge is 0.237 e. The highest BCUT2D eigenvalue weighted by molar-refractivity contribution is 5.82. The third kappa shape index (κ3) is 2.92. The van der Waals surface area contributed by atoms with Gasteiger partial charge in [-0.2, -0.15) is 0 Å². The van der Waals surface area contributed by atoms with Crippen LogP contribution in [0, 0.1) is 5.92 Å². The molecule has 1 atom stereocenters. The second-order valence-corrected chi connectivity index (χ2v) is 4.90. The predicted molar refractivity (Wildman–Crippen MR) is 59.2 cm³/mol. The van der Waals surface area contributed by atoms with Crippen molar-refractivity contribution in [1.82, 2.24) is 5.32 Å². The minimum absolute atomic E-state index is 0.0174. The number of amides is 1. The number of nitrogens with two attached hydrogens (primary N) is 1. The largest absolute Gasteiger partial charge is 0.394 e. The summed E-state index contributed by atoms with van der Waals surface area (Å²) in [6, 6.07) is -0.478. The van der Waals surface area contributed by atoms with Crippen molar-refractivity contribution < 1.29 is 9.90 Å². The highest BCUT2D eigenvalue weighted by Crippen LogP contribution is 2.29. The predicted octanol–water partition coefficient (Wildman–Crippen LogP) is 0.391. The van der Waals surface area contributed by atoms with Crippen LogP contribution in [0.3, 0.4) is 0 Å². The number of nitrogens with one attached hydrogen (secondary N) is 1. The van der Waals surface area contributed by atoms with Crippen molar-refractivity contribution in [3.63, 3.8) is 0 Å². The van der Waals surface area contributed by atoms with Crippen LogP contribution < -0.4 is 11.1 Å². The fourth-order valence-corrected chi connectivity index (χ4v) is 2.02. The molecule has 4 N–H and O–H groups in total. The summed E-state index contributed by atoms with van der Waals surface area (Å²) >= 11 is 0. The van der Waals surface area contributed by atoms with E-state index in [1.54, 1.807) is 0 Å². The summed E-state index contributed by atoms with van der Waals surface area (Å²) in [4.78, 5) is 11.8. The van der Waals surface area contributed by atoms with Crippen LogP contribution in [-0.4, -0.2) is 29.2 Å². The summed E-state index contributed by atoms with van der Waals surface area (Å²) in [6.07, 6.45) is 3.86. The number of aliphatic hydroxyl groups is 1. The minimum atomic E-state index is -0.478. The van der Waals surface area contributed by atoms with Crippen molar-refractivity contribution in [2.45, 2.75) is 51.1 Å². The molecule has 0 saturated heterocycles. The van der Waals surface area contributed by atoms with Gasteiger partial charge in [-0.15, -0.1) is 0 Å². The van der Waals surface area contributed by atoms with Crippen molar-refractivity contribution in [3.05, 3.63) is 0 Å². The third-order valence-electron chi connectivity index (χ3n) is 3.27. The number of rotatable bonds is 4. The maximum atomic E-state index is 11.8. The molecule has 0 aliphatic heterocycles. The van der Waals surface area contributed by atoms with E-state index < -0.39 is 11.6 Å². The summed E-state index contributed by atoms with van der Waals surface area (Å²) in [5, 5.41) is 12.2. The lowest BCUT2D eigenvalue weighted by molar-refractivity contribution is -0.125. The van der Waals surface area contributed by atoms with E-state index in [1.807, 2.05) is 13.8 Å². The highest BCUT2D eigenvalue weighted by atomic mass is 16.3. The first-order valence-corrected chi connectivity index (χ1v) is 5.69. The van der Waals surface area contributed by atoms with E-state index >= 15 is 0 Å². The maximum Gasteiger partial charge on any atom is 0.237 e. The molecule has 0 aromatic heterocycles. The van der Waals surface area contributed by atoms with E-state index in [0.29, 0.717) is 0 Å². The van der Waals surface area contributed by atoms with Gasteiger partial charge in [-0.1, -0.05) is 26.7 Å². The molecule has 0 radical (unpaired) electrons. The Balaban J connectivity index is 2.55. The molecule has 1 fully saturated rings. The summed E-state index contributed by atoms with van der Waals surface area (Å²) in [5.41, 5.74) is 5.36. The molecule has 0 heterocycles. The second kappa shape index (κ2) is 4.94. The van der Waals surface area contributed by atoms with Gasteiger partial charge in [0.2, 0.25) is 5.91 Å². The first kappa shape index (κ1) is 12.5. The molecule has 0 aromatic carbocycles. The van der Waals surface area contributed by atoms with Crippen molar-refractivity contribution in [3.8, 4) is 0 Å². The maximum absolute atomic E-state index is 11.8. The normalized spacial score (nSPS) is 21.7. The molecule has 0 spiro atoms. The monoisotopic (exact) mass is 214 g/mol. The lowest BCUT2D eigenvalue weighted by Crippen LogP contribution is -2.55. The number of hydrogen-bond donors (Lipinski definition) is 3. The first-order chi connectivity index (χ1) is 7.01. The average Bonchev–Trinajstić information content (AvgIpc) is 2.65. The Kier molecular flexibility index (Phi) is 4.11. The summed E-state index contributed by atoms with van der Waals surface area (Å²) in [7, 11) is 0. The van der Waals surface area contributed by atoms with Gasteiger partial charge < -0.3 is 16.2 Å². The minimum Gasteiger partial charge on any atom is -0.394 e. The quantitative estimate of drug-likeness (QED) is 0.633. The molecule has 1 rings (SSSR count). The summed E-state index contributed by atoms with van der Waals surface area (Å²) in [5.74, 6) is -0.0110. The molecule has 1 saturated carbocycles. The molecule has 15 heavy (non-hydrogen) atoms. The van der Waals surface area contributed by atoms with E-state index in [4.69, 9.17) is 5.73 Å². The van der Waals surface area contributed by atoms with Gasteiger partial charge in [-0.3, -0.25) is 4.79 Å². The summed E-state index contributed by atoms with van der Waals surface area (Å²) < 4.78 is 0. The van der Waals surface area contributed by atoms with Gasteiger partial charge in [0, 0.05) is 0 Å². The van der Waals surface area contributed by atoms with E-state index in [-0.39, 0.29) is 18.4 Å². The van der Waals surface area contributed by atoms with Gasteiger partial charge in [0.1, 0.15) is 0 Å². The first-order valence-electron chi connectivity index (χ1n) is 5.69.